The minimum absolute atomic E-state index is 0.00523. The van der Waals surface area contributed by atoms with Crippen LogP contribution < -0.4 is 5.69 Å². The predicted molar refractivity (Wildman–Crippen MR) is 142 cm³/mol. The molecule has 0 spiro atoms. The molecule has 0 radical (unpaired) electrons. The Morgan fingerprint density at radius 2 is 1.75 bits per heavy atom. The van der Waals surface area contributed by atoms with E-state index >= 15 is 0 Å². The first kappa shape index (κ1) is 24.5. The van der Waals surface area contributed by atoms with Crippen molar-refractivity contribution in [3.05, 3.63) is 70.9 Å². The first-order valence-electron chi connectivity index (χ1n) is 13.0. The topological polar surface area (TPSA) is 66.6 Å². The van der Waals surface area contributed by atoms with Crippen LogP contribution in [0.3, 0.4) is 0 Å². The molecular formula is C28H36N6O2. The Morgan fingerprint density at radius 3 is 2.42 bits per heavy atom. The SMILES string of the molecule is CN(C)CCn1c(=O)n(C2=CCN(C(=O)C3CCN(Cc4ccncc4)CC3)CC2)c2ccccc21. The van der Waals surface area contributed by atoms with E-state index in [1.807, 2.05) is 64.8 Å². The number of carbonyl (C=O) groups excluding carboxylic acids is 1. The fraction of sp³-hybridized carbons (Fsp3) is 0.464. The zero-order valence-corrected chi connectivity index (χ0v) is 21.3. The molecule has 36 heavy (non-hydrogen) atoms. The van der Waals surface area contributed by atoms with Crippen molar-refractivity contribution in [2.45, 2.75) is 32.4 Å². The Kier molecular flexibility index (Phi) is 7.34. The van der Waals surface area contributed by atoms with E-state index in [1.54, 1.807) is 0 Å². The van der Waals surface area contributed by atoms with E-state index < -0.39 is 0 Å². The third-order valence-corrected chi connectivity index (χ3v) is 7.48. The molecule has 1 aromatic carbocycles. The second kappa shape index (κ2) is 10.8. The van der Waals surface area contributed by atoms with Gasteiger partial charge in [-0.1, -0.05) is 12.1 Å². The summed E-state index contributed by atoms with van der Waals surface area (Å²) in [5, 5.41) is 0. The van der Waals surface area contributed by atoms with Crippen LogP contribution in [0.1, 0.15) is 24.8 Å². The zero-order valence-electron chi connectivity index (χ0n) is 21.3. The van der Waals surface area contributed by atoms with Crippen molar-refractivity contribution >= 4 is 22.6 Å². The minimum atomic E-state index is 0.00523. The Labute approximate surface area is 212 Å². The number of fused-ring (bicyclic) bond motifs is 1. The maximum atomic E-state index is 13.4. The summed E-state index contributed by atoms with van der Waals surface area (Å²) in [5.41, 5.74) is 4.17. The van der Waals surface area contributed by atoms with Crippen molar-refractivity contribution in [3.63, 3.8) is 0 Å². The number of rotatable bonds is 7. The predicted octanol–water partition coefficient (Wildman–Crippen LogP) is 2.75. The number of likely N-dealkylation sites (tertiary alicyclic amines) is 1. The number of para-hydroxylation sites is 2. The number of benzene rings is 1. The summed E-state index contributed by atoms with van der Waals surface area (Å²) >= 11 is 0. The van der Waals surface area contributed by atoms with E-state index in [4.69, 9.17) is 0 Å². The van der Waals surface area contributed by atoms with Crippen LogP contribution >= 0.6 is 0 Å². The van der Waals surface area contributed by atoms with Crippen LogP contribution in [0, 0.1) is 5.92 Å². The lowest BCUT2D eigenvalue weighted by molar-refractivity contribution is -0.136. The van der Waals surface area contributed by atoms with Gasteiger partial charge in [0.05, 0.1) is 11.0 Å². The van der Waals surface area contributed by atoms with Gasteiger partial charge in [0.1, 0.15) is 0 Å². The molecule has 0 atom stereocenters. The lowest BCUT2D eigenvalue weighted by Gasteiger charge is -2.35. The maximum Gasteiger partial charge on any atom is 0.333 e. The van der Waals surface area contributed by atoms with Crippen LogP contribution in [-0.2, 0) is 17.9 Å². The Hall–Kier alpha value is -3.23. The van der Waals surface area contributed by atoms with Gasteiger partial charge in [0.15, 0.2) is 0 Å². The molecule has 2 aliphatic heterocycles. The lowest BCUT2D eigenvalue weighted by atomic mass is 9.94. The van der Waals surface area contributed by atoms with Gasteiger partial charge in [-0.25, -0.2) is 4.79 Å². The van der Waals surface area contributed by atoms with E-state index in [0.717, 1.165) is 55.8 Å². The summed E-state index contributed by atoms with van der Waals surface area (Å²) < 4.78 is 3.72. The van der Waals surface area contributed by atoms with Gasteiger partial charge in [-0.05, 0) is 75.9 Å². The molecule has 2 aliphatic rings. The fourth-order valence-corrected chi connectivity index (χ4v) is 5.41. The number of aromatic nitrogens is 3. The highest BCUT2D eigenvalue weighted by molar-refractivity contribution is 5.82. The molecule has 190 valence electrons. The summed E-state index contributed by atoms with van der Waals surface area (Å²) in [5.74, 6) is 0.346. The van der Waals surface area contributed by atoms with Crippen LogP contribution in [-0.4, -0.2) is 81.5 Å². The van der Waals surface area contributed by atoms with Crippen LogP contribution in [0.5, 0.6) is 0 Å². The number of pyridine rings is 1. The standard InChI is InChI=1S/C28H36N6O2/c1-30(2)19-20-33-25-5-3-4-6-26(25)34(28(33)36)24-11-17-32(18-12-24)27(35)23-9-15-31(16-10-23)21-22-7-13-29-14-8-22/h3-8,11,13-14,23H,9-10,12,15-21H2,1-2H3. The highest BCUT2D eigenvalue weighted by Gasteiger charge is 2.30. The summed E-state index contributed by atoms with van der Waals surface area (Å²) in [4.78, 5) is 37.3. The van der Waals surface area contributed by atoms with Crippen molar-refractivity contribution in [1.82, 2.24) is 28.8 Å². The van der Waals surface area contributed by atoms with Crippen molar-refractivity contribution in [2.75, 3.05) is 46.8 Å². The van der Waals surface area contributed by atoms with Gasteiger partial charge in [-0.2, -0.15) is 0 Å². The number of piperidine rings is 1. The monoisotopic (exact) mass is 488 g/mol. The Balaban J connectivity index is 1.24. The summed E-state index contributed by atoms with van der Waals surface area (Å²) in [7, 11) is 4.04. The molecule has 0 N–H and O–H groups in total. The molecule has 1 fully saturated rings. The summed E-state index contributed by atoms with van der Waals surface area (Å²) in [6, 6.07) is 12.1. The molecule has 0 aliphatic carbocycles. The van der Waals surface area contributed by atoms with Gasteiger partial charge < -0.3 is 9.80 Å². The number of likely N-dealkylation sites (N-methyl/N-ethyl adjacent to an activating group) is 1. The van der Waals surface area contributed by atoms with E-state index in [2.05, 4.69) is 33.0 Å². The molecule has 0 saturated carbocycles. The minimum Gasteiger partial charge on any atom is -0.338 e. The van der Waals surface area contributed by atoms with Crippen LogP contribution in [0.4, 0.5) is 0 Å². The largest absolute Gasteiger partial charge is 0.338 e. The number of carbonyl (C=O) groups is 1. The molecule has 1 amide bonds. The maximum absolute atomic E-state index is 13.4. The van der Waals surface area contributed by atoms with Gasteiger partial charge >= 0.3 is 5.69 Å². The molecule has 3 aromatic rings. The number of amides is 1. The van der Waals surface area contributed by atoms with Crippen molar-refractivity contribution in [3.8, 4) is 0 Å². The summed E-state index contributed by atoms with van der Waals surface area (Å²) in [6.45, 7) is 5.47. The highest BCUT2D eigenvalue weighted by Crippen LogP contribution is 2.25. The van der Waals surface area contributed by atoms with Crippen molar-refractivity contribution in [1.29, 1.82) is 0 Å². The molecule has 8 heteroatoms. The average molecular weight is 489 g/mol. The average Bonchev–Trinajstić information content (AvgIpc) is 3.19. The van der Waals surface area contributed by atoms with E-state index in [-0.39, 0.29) is 17.5 Å². The molecular weight excluding hydrogens is 452 g/mol. The molecule has 0 bridgehead atoms. The van der Waals surface area contributed by atoms with Crippen LogP contribution in [0.2, 0.25) is 0 Å². The second-order valence-electron chi connectivity index (χ2n) is 10.2. The fourth-order valence-electron chi connectivity index (χ4n) is 5.41. The molecule has 4 heterocycles. The number of hydrogen-bond acceptors (Lipinski definition) is 5. The van der Waals surface area contributed by atoms with Gasteiger partial charge in [0.25, 0.3) is 0 Å². The molecule has 8 nitrogen and oxygen atoms in total. The van der Waals surface area contributed by atoms with E-state index in [9.17, 15) is 9.59 Å². The van der Waals surface area contributed by atoms with Gasteiger partial charge in [-0.3, -0.25) is 23.8 Å². The Morgan fingerprint density at radius 1 is 1.03 bits per heavy atom. The van der Waals surface area contributed by atoms with Crippen molar-refractivity contribution in [2.24, 2.45) is 5.92 Å². The third kappa shape index (κ3) is 5.15. The van der Waals surface area contributed by atoms with Gasteiger partial charge in [0.2, 0.25) is 5.91 Å². The number of hydrogen-bond donors (Lipinski definition) is 0. The van der Waals surface area contributed by atoms with E-state index in [0.29, 0.717) is 26.1 Å². The molecule has 0 unspecified atom stereocenters. The lowest BCUT2D eigenvalue weighted by Crippen LogP contribution is -2.44. The van der Waals surface area contributed by atoms with Gasteiger partial charge in [0, 0.05) is 63.2 Å². The van der Waals surface area contributed by atoms with E-state index in [1.165, 1.54) is 5.56 Å². The van der Waals surface area contributed by atoms with Crippen LogP contribution in [0.15, 0.2) is 59.7 Å². The number of imidazole rings is 1. The summed E-state index contributed by atoms with van der Waals surface area (Å²) in [6.07, 6.45) is 8.22. The smallest absolute Gasteiger partial charge is 0.333 e. The van der Waals surface area contributed by atoms with Crippen LogP contribution in [0.25, 0.3) is 16.7 Å². The highest BCUT2D eigenvalue weighted by atomic mass is 16.2. The molecule has 2 aromatic heterocycles. The molecule has 5 rings (SSSR count). The second-order valence-corrected chi connectivity index (χ2v) is 10.2. The zero-order chi connectivity index (χ0) is 25.1. The van der Waals surface area contributed by atoms with Crippen molar-refractivity contribution < 1.29 is 4.79 Å². The quantitative estimate of drug-likeness (QED) is 0.512. The van der Waals surface area contributed by atoms with Gasteiger partial charge in [-0.15, -0.1) is 0 Å². The normalized spacial score (nSPS) is 17.6. The molecule has 1 saturated heterocycles. The Bertz CT molecular complexity index is 1280. The third-order valence-electron chi connectivity index (χ3n) is 7.48. The first-order chi connectivity index (χ1) is 17.5. The number of nitrogens with zero attached hydrogens (tertiary/aromatic N) is 6. The first-order valence-corrected chi connectivity index (χ1v) is 13.0.